The Bertz CT molecular complexity index is 386. The van der Waals surface area contributed by atoms with Crippen LogP contribution in [0.3, 0.4) is 0 Å². The molecule has 0 aliphatic carbocycles. The van der Waals surface area contributed by atoms with E-state index in [1.54, 1.807) is 0 Å². The largest absolute Gasteiger partial charge is 0.311 e. The van der Waals surface area contributed by atoms with Crippen LogP contribution in [0.25, 0.3) is 0 Å². The van der Waals surface area contributed by atoms with Gasteiger partial charge in [-0.25, -0.2) is 0 Å². The van der Waals surface area contributed by atoms with E-state index in [0.717, 1.165) is 13.1 Å². The quantitative estimate of drug-likeness (QED) is 0.818. The molecule has 2 heteroatoms. The molecule has 1 aliphatic rings. The Kier molecular flexibility index (Phi) is 5.00. The Morgan fingerprint density at radius 2 is 1.79 bits per heavy atom. The number of benzene rings is 1. The Morgan fingerprint density at radius 3 is 2.47 bits per heavy atom. The van der Waals surface area contributed by atoms with Crippen molar-refractivity contribution in [3.05, 3.63) is 35.4 Å². The summed E-state index contributed by atoms with van der Waals surface area (Å²) < 4.78 is 0. The molecule has 1 aliphatic heterocycles. The predicted molar refractivity (Wildman–Crippen MR) is 82.5 cm³/mol. The minimum Gasteiger partial charge on any atom is -0.311 e. The number of hydrogen-bond donors (Lipinski definition) is 1. The summed E-state index contributed by atoms with van der Waals surface area (Å²) in [5.41, 5.74) is 3.13. The molecule has 0 bridgehead atoms. The van der Waals surface area contributed by atoms with Gasteiger partial charge in [-0.2, -0.15) is 0 Å². The normalized spacial score (nSPS) is 17.0. The first-order valence-electron chi connectivity index (χ1n) is 7.59. The van der Waals surface area contributed by atoms with Gasteiger partial charge in [0.2, 0.25) is 0 Å². The zero-order valence-electron chi connectivity index (χ0n) is 12.7. The molecule has 2 nitrogen and oxygen atoms in total. The highest BCUT2D eigenvalue weighted by Crippen LogP contribution is 2.25. The molecule has 1 heterocycles. The molecule has 1 N–H and O–H groups in total. The van der Waals surface area contributed by atoms with Gasteiger partial charge in [0, 0.05) is 19.6 Å². The van der Waals surface area contributed by atoms with E-state index in [9.17, 15) is 0 Å². The van der Waals surface area contributed by atoms with Crippen molar-refractivity contribution in [2.75, 3.05) is 26.2 Å². The smallest absolute Gasteiger partial charge is 0.0208 e. The van der Waals surface area contributed by atoms with E-state index < -0.39 is 0 Å². The minimum absolute atomic E-state index is 0.229. The van der Waals surface area contributed by atoms with Gasteiger partial charge in [0.25, 0.3) is 0 Å². The molecule has 1 fully saturated rings. The van der Waals surface area contributed by atoms with Crippen molar-refractivity contribution in [2.45, 2.75) is 45.6 Å². The summed E-state index contributed by atoms with van der Waals surface area (Å²) in [5, 5.41) is 3.60. The maximum atomic E-state index is 3.60. The first-order chi connectivity index (χ1) is 9.07. The number of rotatable bonds is 5. The molecule has 1 aromatic rings. The van der Waals surface area contributed by atoms with Crippen LogP contribution in [-0.2, 0) is 12.0 Å². The second-order valence-electron chi connectivity index (χ2n) is 6.63. The fourth-order valence-corrected chi connectivity index (χ4v) is 2.87. The Balaban J connectivity index is 1.82. The molecule has 106 valence electrons. The first kappa shape index (κ1) is 14.5. The van der Waals surface area contributed by atoms with Gasteiger partial charge < -0.3 is 10.2 Å². The fourth-order valence-electron chi connectivity index (χ4n) is 2.87. The fraction of sp³-hybridized carbons (Fsp3) is 0.647. The molecule has 0 amide bonds. The van der Waals surface area contributed by atoms with Crippen LogP contribution in [0, 0.1) is 0 Å². The summed E-state index contributed by atoms with van der Waals surface area (Å²) in [6, 6.07) is 8.81. The Labute approximate surface area is 118 Å². The van der Waals surface area contributed by atoms with Crippen molar-refractivity contribution >= 4 is 0 Å². The maximum absolute atomic E-state index is 3.60. The van der Waals surface area contributed by atoms with Crippen LogP contribution in [0.5, 0.6) is 0 Å². The van der Waals surface area contributed by atoms with Gasteiger partial charge in [0.1, 0.15) is 0 Å². The van der Waals surface area contributed by atoms with E-state index >= 15 is 0 Å². The summed E-state index contributed by atoms with van der Waals surface area (Å²) >= 11 is 0. The van der Waals surface area contributed by atoms with Crippen molar-refractivity contribution in [3.8, 4) is 0 Å². The zero-order chi connectivity index (χ0) is 13.7. The first-order valence-corrected chi connectivity index (χ1v) is 7.59. The lowest BCUT2D eigenvalue weighted by Crippen LogP contribution is -2.30. The lowest BCUT2D eigenvalue weighted by atomic mass is 9.84. The summed E-state index contributed by atoms with van der Waals surface area (Å²) in [6.07, 6.45) is 2.76. The predicted octanol–water partition coefficient (Wildman–Crippen LogP) is 3.17. The molecule has 0 aromatic heterocycles. The summed E-state index contributed by atoms with van der Waals surface area (Å²) in [5.74, 6) is 0. The lowest BCUT2D eigenvalue weighted by molar-refractivity contribution is 0.335. The molecule has 0 unspecified atom stereocenters. The SMILES string of the molecule is CC(C)(C)c1ccccc1CNCCN1CCCC1. The van der Waals surface area contributed by atoms with E-state index in [4.69, 9.17) is 0 Å². The summed E-state index contributed by atoms with van der Waals surface area (Å²) in [7, 11) is 0. The monoisotopic (exact) mass is 260 g/mol. The molecular weight excluding hydrogens is 232 g/mol. The van der Waals surface area contributed by atoms with Crippen molar-refractivity contribution in [3.63, 3.8) is 0 Å². The van der Waals surface area contributed by atoms with Crippen LogP contribution in [0.4, 0.5) is 0 Å². The van der Waals surface area contributed by atoms with Crippen molar-refractivity contribution in [2.24, 2.45) is 0 Å². The van der Waals surface area contributed by atoms with E-state index in [-0.39, 0.29) is 5.41 Å². The third-order valence-corrected chi connectivity index (χ3v) is 3.94. The van der Waals surface area contributed by atoms with Gasteiger partial charge in [-0.05, 0) is 42.5 Å². The third-order valence-electron chi connectivity index (χ3n) is 3.94. The van der Waals surface area contributed by atoms with Gasteiger partial charge in [-0.3, -0.25) is 0 Å². The van der Waals surface area contributed by atoms with Crippen molar-refractivity contribution in [1.29, 1.82) is 0 Å². The summed E-state index contributed by atoms with van der Waals surface area (Å²) in [6.45, 7) is 12.7. The average molecular weight is 260 g/mol. The van der Waals surface area contributed by atoms with Crippen molar-refractivity contribution < 1.29 is 0 Å². The van der Waals surface area contributed by atoms with E-state index in [2.05, 4.69) is 55.3 Å². The molecule has 0 spiro atoms. The maximum Gasteiger partial charge on any atom is 0.0208 e. The van der Waals surface area contributed by atoms with Gasteiger partial charge in [0.05, 0.1) is 0 Å². The highest BCUT2D eigenvalue weighted by Gasteiger charge is 2.17. The van der Waals surface area contributed by atoms with Gasteiger partial charge in [0.15, 0.2) is 0 Å². The van der Waals surface area contributed by atoms with Gasteiger partial charge in [-0.1, -0.05) is 45.0 Å². The molecule has 1 saturated heterocycles. The van der Waals surface area contributed by atoms with Gasteiger partial charge in [-0.15, -0.1) is 0 Å². The second-order valence-corrected chi connectivity index (χ2v) is 6.63. The molecule has 2 rings (SSSR count). The topological polar surface area (TPSA) is 15.3 Å². The van der Waals surface area contributed by atoms with E-state index in [0.29, 0.717) is 0 Å². The van der Waals surface area contributed by atoms with Crippen LogP contribution in [0.2, 0.25) is 0 Å². The Hall–Kier alpha value is -0.860. The molecular formula is C17H28N2. The van der Waals surface area contributed by atoms with Gasteiger partial charge >= 0.3 is 0 Å². The van der Waals surface area contributed by atoms with Crippen LogP contribution in [-0.4, -0.2) is 31.1 Å². The summed E-state index contributed by atoms with van der Waals surface area (Å²) in [4.78, 5) is 2.56. The van der Waals surface area contributed by atoms with Crippen LogP contribution in [0.15, 0.2) is 24.3 Å². The Morgan fingerprint density at radius 1 is 1.11 bits per heavy atom. The molecule has 1 aromatic carbocycles. The highest BCUT2D eigenvalue weighted by molar-refractivity contribution is 5.32. The molecule has 19 heavy (non-hydrogen) atoms. The number of likely N-dealkylation sites (tertiary alicyclic amines) is 1. The second kappa shape index (κ2) is 6.53. The number of nitrogens with zero attached hydrogens (tertiary/aromatic N) is 1. The molecule has 0 atom stereocenters. The lowest BCUT2D eigenvalue weighted by Gasteiger charge is -2.23. The minimum atomic E-state index is 0.229. The third kappa shape index (κ3) is 4.32. The molecule has 0 saturated carbocycles. The van der Waals surface area contributed by atoms with E-state index in [1.165, 1.54) is 43.6 Å². The zero-order valence-corrected chi connectivity index (χ0v) is 12.7. The molecule has 0 radical (unpaired) electrons. The number of nitrogens with one attached hydrogen (secondary N) is 1. The average Bonchev–Trinajstić information content (AvgIpc) is 2.87. The van der Waals surface area contributed by atoms with E-state index in [1.807, 2.05) is 0 Å². The van der Waals surface area contributed by atoms with Crippen molar-refractivity contribution in [1.82, 2.24) is 10.2 Å². The standard InChI is InChI=1S/C17H28N2/c1-17(2,3)16-9-5-4-8-15(16)14-18-10-13-19-11-6-7-12-19/h4-5,8-9,18H,6-7,10-14H2,1-3H3. The van der Waals surface area contributed by atoms with Crippen LogP contribution >= 0.6 is 0 Å². The number of hydrogen-bond acceptors (Lipinski definition) is 2. The van der Waals surface area contributed by atoms with Crippen LogP contribution in [0.1, 0.15) is 44.7 Å². The van der Waals surface area contributed by atoms with Crippen LogP contribution < -0.4 is 5.32 Å². The highest BCUT2D eigenvalue weighted by atomic mass is 15.1.